The highest BCUT2D eigenvalue weighted by Gasteiger charge is 2.40. The molecule has 0 amide bonds. The van der Waals surface area contributed by atoms with Gasteiger partial charge in [-0.05, 0) is 26.4 Å². The first kappa shape index (κ1) is 17.6. The fourth-order valence-electron chi connectivity index (χ4n) is 4.10. The molecule has 0 N–H and O–H groups in total. The number of nitrogens with zero attached hydrogens (tertiary/aromatic N) is 2. The standard InChI is InChI=1S/C14H36N2Si3/c1-15(14-12-10-9-11-13-14)17(2)16(18(3,4)5)19(6,7)8/h14,17H,9-13H2,1-8H3. The second kappa shape index (κ2) is 6.56. The van der Waals surface area contributed by atoms with E-state index < -0.39 is 25.6 Å². The molecule has 2 nitrogen and oxygen atoms in total. The van der Waals surface area contributed by atoms with Crippen molar-refractivity contribution in [2.75, 3.05) is 7.05 Å². The van der Waals surface area contributed by atoms with Gasteiger partial charge in [0, 0.05) is 6.04 Å². The second-order valence-electron chi connectivity index (χ2n) is 8.30. The van der Waals surface area contributed by atoms with Gasteiger partial charge >= 0.3 is 0 Å². The molecule has 1 aliphatic rings. The zero-order valence-electron chi connectivity index (χ0n) is 14.6. The van der Waals surface area contributed by atoms with Gasteiger partial charge in [-0.25, -0.2) is 0 Å². The molecule has 0 aromatic rings. The maximum atomic E-state index is 3.08. The van der Waals surface area contributed by atoms with Gasteiger partial charge in [-0.15, -0.1) is 0 Å². The lowest BCUT2D eigenvalue weighted by molar-refractivity contribution is 0.279. The summed E-state index contributed by atoms with van der Waals surface area (Å²) in [6, 6.07) is 0.880. The van der Waals surface area contributed by atoms with E-state index in [0.717, 1.165) is 6.04 Å². The molecule has 1 unspecified atom stereocenters. The van der Waals surface area contributed by atoms with Crippen molar-refractivity contribution in [1.29, 1.82) is 0 Å². The van der Waals surface area contributed by atoms with Gasteiger partial charge in [0.05, 0.1) is 0 Å². The predicted octanol–water partition coefficient (Wildman–Crippen LogP) is 4.07. The molecule has 0 aromatic carbocycles. The summed E-state index contributed by atoms with van der Waals surface area (Å²) in [5, 5.41) is 0. The van der Waals surface area contributed by atoms with Crippen molar-refractivity contribution < 1.29 is 0 Å². The highest BCUT2D eigenvalue weighted by Crippen LogP contribution is 2.27. The zero-order chi connectivity index (χ0) is 14.8. The minimum Gasteiger partial charge on any atom is -0.359 e. The van der Waals surface area contributed by atoms with Gasteiger partial charge in [0.2, 0.25) is 0 Å². The Morgan fingerprint density at radius 2 is 1.26 bits per heavy atom. The molecule has 0 spiro atoms. The monoisotopic (exact) mass is 316 g/mol. The Bertz CT molecular complexity index is 263. The first-order chi connectivity index (χ1) is 8.55. The van der Waals surface area contributed by atoms with E-state index in [0.29, 0.717) is 0 Å². The van der Waals surface area contributed by atoms with Crippen molar-refractivity contribution in [3.05, 3.63) is 0 Å². The Morgan fingerprint density at radius 3 is 1.63 bits per heavy atom. The van der Waals surface area contributed by atoms with Crippen LogP contribution in [0.5, 0.6) is 0 Å². The zero-order valence-corrected chi connectivity index (χ0v) is 17.7. The van der Waals surface area contributed by atoms with E-state index in [2.05, 4.69) is 61.3 Å². The van der Waals surface area contributed by atoms with Crippen LogP contribution < -0.4 is 0 Å². The van der Waals surface area contributed by atoms with Gasteiger partial charge in [-0.2, -0.15) is 0 Å². The summed E-state index contributed by atoms with van der Waals surface area (Å²) in [5.41, 5.74) is 0. The summed E-state index contributed by atoms with van der Waals surface area (Å²) in [7, 11) is -0.906. The molecule has 0 heterocycles. The Hall–Kier alpha value is 0.571. The number of hydrogen-bond donors (Lipinski definition) is 0. The molecule has 1 fully saturated rings. The van der Waals surface area contributed by atoms with Crippen LogP contribution in [0.3, 0.4) is 0 Å². The van der Waals surface area contributed by atoms with Crippen LogP contribution in [-0.4, -0.2) is 47.1 Å². The Morgan fingerprint density at radius 1 is 0.842 bits per heavy atom. The normalized spacial score (nSPS) is 21.2. The molecular formula is C14H36N2Si3. The van der Waals surface area contributed by atoms with Crippen molar-refractivity contribution in [3.63, 3.8) is 0 Å². The highest BCUT2D eigenvalue weighted by atomic mass is 28.5. The van der Waals surface area contributed by atoms with Crippen molar-refractivity contribution in [1.82, 2.24) is 8.46 Å². The van der Waals surface area contributed by atoms with Gasteiger partial charge < -0.3 is 8.46 Å². The van der Waals surface area contributed by atoms with Crippen molar-refractivity contribution in [2.24, 2.45) is 0 Å². The molecule has 1 rings (SSSR count). The third-order valence-electron chi connectivity index (χ3n) is 4.56. The Balaban J connectivity index is 2.84. The highest BCUT2D eigenvalue weighted by molar-refractivity contribution is 6.98. The fourth-order valence-corrected chi connectivity index (χ4v) is 23.5. The predicted molar refractivity (Wildman–Crippen MR) is 96.2 cm³/mol. The molecule has 0 saturated heterocycles. The molecule has 1 atom stereocenters. The summed E-state index contributed by atoms with van der Waals surface area (Å²) in [4.78, 5) is 0. The van der Waals surface area contributed by atoms with Crippen LogP contribution in [0.2, 0.25) is 45.8 Å². The molecule has 114 valence electrons. The molecule has 0 radical (unpaired) electrons. The molecule has 1 aliphatic carbocycles. The largest absolute Gasteiger partial charge is 0.359 e. The minimum absolute atomic E-state index is 0.880. The molecule has 1 saturated carbocycles. The van der Waals surface area contributed by atoms with E-state index in [9.17, 15) is 0 Å². The lowest BCUT2D eigenvalue weighted by Crippen LogP contribution is -2.69. The molecule has 5 heteroatoms. The summed E-state index contributed by atoms with van der Waals surface area (Å²) in [6.07, 6.45) is 7.26. The van der Waals surface area contributed by atoms with Crippen molar-refractivity contribution >= 4 is 25.6 Å². The van der Waals surface area contributed by atoms with Crippen LogP contribution in [0.25, 0.3) is 0 Å². The van der Waals surface area contributed by atoms with Gasteiger partial charge in [0.25, 0.3) is 0 Å². The summed E-state index contributed by atoms with van der Waals surface area (Å²) in [6.45, 7) is 17.9. The SMILES string of the molecule is CN(C1CCCCC1)[SiH](C)N([Si](C)(C)C)[Si](C)(C)C. The van der Waals surface area contributed by atoms with Crippen LogP contribution in [-0.2, 0) is 0 Å². The molecule has 0 aromatic heterocycles. The Labute approximate surface area is 125 Å². The van der Waals surface area contributed by atoms with E-state index in [4.69, 9.17) is 0 Å². The summed E-state index contributed by atoms with van der Waals surface area (Å²) in [5.74, 6) is 0. The lowest BCUT2D eigenvalue weighted by Gasteiger charge is -2.51. The van der Waals surface area contributed by atoms with Crippen LogP contribution in [0.4, 0.5) is 0 Å². The van der Waals surface area contributed by atoms with Crippen LogP contribution in [0, 0.1) is 0 Å². The number of rotatable bonds is 5. The van der Waals surface area contributed by atoms with Crippen molar-refractivity contribution in [3.8, 4) is 0 Å². The van der Waals surface area contributed by atoms with Crippen LogP contribution in [0.1, 0.15) is 32.1 Å². The van der Waals surface area contributed by atoms with E-state index >= 15 is 0 Å². The summed E-state index contributed by atoms with van der Waals surface area (Å²) < 4.78 is 5.91. The minimum atomic E-state index is -1.20. The first-order valence-corrected chi connectivity index (χ1v) is 17.1. The lowest BCUT2D eigenvalue weighted by atomic mass is 9.96. The molecular weight excluding hydrogens is 280 g/mol. The fraction of sp³-hybridized carbons (Fsp3) is 1.00. The maximum Gasteiger partial charge on any atom is 0.173 e. The third-order valence-corrected chi connectivity index (χ3v) is 20.7. The van der Waals surface area contributed by atoms with E-state index in [1.54, 1.807) is 0 Å². The summed E-state index contributed by atoms with van der Waals surface area (Å²) >= 11 is 0. The van der Waals surface area contributed by atoms with E-state index in [1.165, 1.54) is 32.1 Å². The van der Waals surface area contributed by atoms with Gasteiger partial charge in [-0.3, -0.25) is 0 Å². The maximum absolute atomic E-state index is 3.08. The topological polar surface area (TPSA) is 6.48 Å². The average molecular weight is 317 g/mol. The van der Waals surface area contributed by atoms with E-state index in [-0.39, 0.29) is 0 Å². The average Bonchev–Trinajstić information content (AvgIpc) is 2.25. The Kier molecular flexibility index (Phi) is 6.08. The second-order valence-corrected chi connectivity index (χ2v) is 22.0. The smallest absolute Gasteiger partial charge is 0.173 e. The van der Waals surface area contributed by atoms with Crippen LogP contribution in [0.15, 0.2) is 0 Å². The molecule has 19 heavy (non-hydrogen) atoms. The van der Waals surface area contributed by atoms with E-state index in [1.807, 2.05) is 0 Å². The van der Waals surface area contributed by atoms with Crippen LogP contribution >= 0.6 is 0 Å². The number of hydrogen-bond acceptors (Lipinski definition) is 2. The first-order valence-electron chi connectivity index (χ1n) is 8.06. The quantitative estimate of drug-likeness (QED) is 0.705. The third kappa shape index (κ3) is 4.81. The van der Waals surface area contributed by atoms with Crippen molar-refractivity contribution in [2.45, 2.75) is 84.0 Å². The molecule has 0 bridgehead atoms. The molecule has 0 aliphatic heterocycles. The van der Waals surface area contributed by atoms with Gasteiger partial charge in [0.1, 0.15) is 16.5 Å². The van der Waals surface area contributed by atoms with Gasteiger partial charge in [0.15, 0.2) is 9.12 Å². The van der Waals surface area contributed by atoms with Gasteiger partial charge in [-0.1, -0.05) is 58.5 Å².